The van der Waals surface area contributed by atoms with Gasteiger partial charge in [-0.3, -0.25) is 28.8 Å². The molecule has 0 unspecified atom stereocenters. The van der Waals surface area contributed by atoms with Crippen molar-refractivity contribution in [3.05, 3.63) is 58.7 Å². The van der Waals surface area contributed by atoms with Crippen LogP contribution in [0.3, 0.4) is 0 Å². The molecule has 22 heteroatoms. The third-order valence-corrected chi connectivity index (χ3v) is 7.41. The van der Waals surface area contributed by atoms with Crippen LogP contribution in [0.1, 0.15) is 72.4 Å². The number of rotatable bonds is 12. The third-order valence-electron chi connectivity index (χ3n) is 7.41. The number of carboxylic acid groups (broad SMARTS) is 2. The lowest BCUT2D eigenvalue weighted by Gasteiger charge is -2.19. The van der Waals surface area contributed by atoms with Crippen molar-refractivity contribution in [1.29, 1.82) is 0 Å². The summed E-state index contributed by atoms with van der Waals surface area (Å²) in [5.74, 6) is -7.83. The van der Waals surface area contributed by atoms with E-state index in [1.807, 2.05) is 27.7 Å². The van der Waals surface area contributed by atoms with E-state index in [4.69, 9.17) is 31.3 Å². The molecule has 0 saturated heterocycles. The van der Waals surface area contributed by atoms with Crippen LogP contribution in [0.15, 0.2) is 36.4 Å². The van der Waals surface area contributed by atoms with Crippen molar-refractivity contribution in [2.45, 2.75) is 65.0 Å². The van der Waals surface area contributed by atoms with E-state index in [2.05, 4.69) is 21.3 Å². The Kier molecular flexibility index (Phi) is 17.8. The molecule has 1 aliphatic carbocycles. The molecular formula is C34H40F6N6O10. The van der Waals surface area contributed by atoms with E-state index < -0.39 is 47.9 Å². The van der Waals surface area contributed by atoms with Gasteiger partial charge in [-0.05, 0) is 48.2 Å². The SMILES string of the molecule is CC(C)[C@H](N)C(=O)NCCC(=O)Nc1ccc2c(c1)C(=O)c1ccc(NC(=O)CCNC(=O)[C@@H](N)C(C)C)cc1C2=O.O=C(O)C(F)(F)F.O=C(O)C(F)(F)F. The van der Waals surface area contributed by atoms with E-state index in [1.54, 1.807) is 0 Å². The molecule has 0 aromatic heterocycles. The lowest BCUT2D eigenvalue weighted by molar-refractivity contribution is -0.193. The third kappa shape index (κ3) is 15.1. The van der Waals surface area contributed by atoms with Crippen LogP contribution in [0.25, 0.3) is 0 Å². The Morgan fingerprint density at radius 3 is 1.12 bits per heavy atom. The molecule has 308 valence electrons. The fraction of sp³-hybridized carbons (Fsp3) is 0.412. The minimum Gasteiger partial charge on any atom is -0.475 e. The summed E-state index contributed by atoms with van der Waals surface area (Å²) in [5.41, 5.74) is 12.9. The average molecular weight is 807 g/mol. The van der Waals surface area contributed by atoms with Crippen molar-refractivity contribution in [2.24, 2.45) is 23.3 Å². The lowest BCUT2D eigenvalue weighted by atomic mass is 9.83. The number of halogens is 6. The molecule has 3 rings (SSSR count). The predicted octanol–water partition coefficient (Wildman–Crippen LogP) is 2.58. The maximum absolute atomic E-state index is 13.2. The fourth-order valence-electron chi connectivity index (χ4n) is 4.19. The molecule has 0 aliphatic heterocycles. The predicted molar refractivity (Wildman–Crippen MR) is 185 cm³/mol. The van der Waals surface area contributed by atoms with Crippen LogP contribution in [0.2, 0.25) is 0 Å². The number of benzene rings is 2. The van der Waals surface area contributed by atoms with Crippen LogP contribution in [0.5, 0.6) is 0 Å². The van der Waals surface area contributed by atoms with Gasteiger partial charge in [0.15, 0.2) is 11.6 Å². The van der Waals surface area contributed by atoms with Crippen LogP contribution in [0, 0.1) is 11.8 Å². The van der Waals surface area contributed by atoms with Crippen LogP contribution in [0.4, 0.5) is 37.7 Å². The number of amides is 4. The summed E-state index contributed by atoms with van der Waals surface area (Å²) in [6.07, 6.45) is -10.2. The zero-order chi connectivity index (χ0) is 43.3. The average Bonchev–Trinajstić information content (AvgIpc) is 3.09. The van der Waals surface area contributed by atoms with Gasteiger partial charge < -0.3 is 42.9 Å². The summed E-state index contributed by atoms with van der Waals surface area (Å²) < 4.78 is 63.5. The quantitative estimate of drug-likeness (QED) is 0.123. The van der Waals surface area contributed by atoms with Crippen LogP contribution < -0.4 is 32.7 Å². The number of nitrogens with two attached hydrogens (primary N) is 2. The largest absolute Gasteiger partial charge is 0.490 e. The highest BCUT2D eigenvalue weighted by molar-refractivity contribution is 6.29. The summed E-state index contributed by atoms with van der Waals surface area (Å²) in [6, 6.07) is 7.52. The molecule has 2 aromatic rings. The monoisotopic (exact) mass is 806 g/mol. The molecule has 0 bridgehead atoms. The second-order valence-corrected chi connectivity index (χ2v) is 12.5. The van der Waals surface area contributed by atoms with Gasteiger partial charge in [-0.25, -0.2) is 9.59 Å². The first-order valence-electron chi connectivity index (χ1n) is 16.3. The molecule has 56 heavy (non-hydrogen) atoms. The van der Waals surface area contributed by atoms with Gasteiger partial charge in [0.1, 0.15) is 0 Å². The number of nitrogens with one attached hydrogen (secondary N) is 4. The van der Waals surface area contributed by atoms with Gasteiger partial charge >= 0.3 is 24.3 Å². The maximum Gasteiger partial charge on any atom is 0.490 e. The summed E-state index contributed by atoms with van der Waals surface area (Å²) in [6.45, 7) is 7.50. The highest BCUT2D eigenvalue weighted by Crippen LogP contribution is 2.31. The molecule has 2 aromatic carbocycles. The topological polar surface area (TPSA) is 277 Å². The van der Waals surface area contributed by atoms with Gasteiger partial charge in [0.05, 0.1) is 12.1 Å². The minimum absolute atomic E-state index is 0.00427. The molecule has 2 atom stereocenters. The fourth-order valence-corrected chi connectivity index (χ4v) is 4.19. The number of carbonyl (C=O) groups is 8. The molecule has 10 N–H and O–H groups in total. The first-order valence-corrected chi connectivity index (χ1v) is 16.3. The number of fused-ring (bicyclic) bond motifs is 2. The molecule has 4 amide bonds. The smallest absolute Gasteiger partial charge is 0.475 e. The van der Waals surface area contributed by atoms with E-state index in [0.29, 0.717) is 11.4 Å². The van der Waals surface area contributed by atoms with Crippen molar-refractivity contribution in [2.75, 3.05) is 23.7 Å². The Balaban J connectivity index is 0.000000949. The molecule has 16 nitrogen and oxygen atoms in total. The zero-order valence-corrected chi connectivity index (χ0v) is 30.2. The zero-order valence-electron chi connectivity index (χ0n) is 30.2. The summed E-state index contributed by atoms with van der Waals surface area (Å²) >= 11 is 0. The van der Waals surface area contributed by atoms with Crippen molar-refractivity contribution < 1.29 is 74.9 Å². The Hall–Kier alpha value is -5.90. The van der Waals surface area contributed by atoms with E-state index >= 15 is 0 Å². The normalized spacial score (nSPS) is 13.0. The Morgan fingerprint density at radius 2 is 0.875 bits per heavy atom. The number of hydrogen-bond donors (Lipinski definition) is 8. The number of carbonyl (C=O) groups excluding carboxylic acids is 6. The second kappa shape index (κ2) is 20.7. The van der Waals surface area contributed by atoms with E-state index in [-0.39, 0.29) is 83.6 Å². The van der Waals surface area contributed by atoms with Crippen LogP contribution in [-0.4, -0.2) is 94.9 Å². The molecule has 1 aliphatic rings. The van der Waals surface area contributed by atoms with Crippen molar-refractivity contribution in [3.8, 4) is 0 Å². The number of ketones is 2. The van der Waals surface area contributed by atoms with Gasteiger partial charge in [-0.1, -0.05) is 27.7 Å². The van der Waals surface area contributed by atoms with Crippen LogP contribution in [-0.2, 0) is 28.8 Å². The first-order chi connectivity index (χ1) is 25.7. The number of alkyl halides is 6. The molecule has 0 heterocycles. The highest BCUT2D eigenvalue weighted by atomic mass is 19.4. The van der Waals surface area contributed by atoms with Gasteiger partial charge in [0, 0.05) is 59.6 Å². The number of anilines is 2. The second-order valence-electron chi connectivity index (χ2n) is 12.5. The number of hydrogen-bond acceptors (Lipinski definition) is 10. The van der Waals surface area contributed by atoms with Crippen LogP contribution >= 0.6 is 0 Å². The Bertz CT molecular complexity index is 1690. The van der Waals surface area contributed by atoms with Gasteiger partial charge in [-0.15, -0.1) is 0 Å². The minimum atomic E-state index is -5.08. The number of carboxylic acids is 2. The lowest BCUT2D eigenvalue weighted by Crippen LogP contribution is -2.44. The van der Waals surface area contributed by atoms with Gasteiger partial charge in [0.25, 0.3) is 0 Å². The van der Waals surface area contributed by atoms with Gasteiger partial charge in [0.2, 0.25) is 23.6 Å². The first kappa shape index (κ1) is 48.1. The summed E-state index contributed by atoms with van der Waals surface area (Å²) in [5, 5.41) is 24.8. The Morgan fingerprint density at radius 1 is 0.589 bits per heavy atom. The van der Waals surface area contributed by atoms with E-state index in [0.717, 1.165) is 0 Å². The standard InChI is InChI=1S/C30H38N6O6.2C2HF3O2/c1-15(2)25(31)29(41)33-11-9-23(37)35-17-5-7-19-21(13-17)27(39)20-8-6-18(14-22(20)28(19)40)36-24(38)10-12-34-30(42)26(32)16(3)4;2*3-2(4,5)1(6)7/h5-8,13-16,25-26H,9-12,31-32H2,1-4H3,(H,33,41)(H,34,42)(H,35,37)(H,36,38);2*(H,6,7)/t25-,26-;;/m0../s1. The van der Waals surface area contributed by atoms with E-state index in [9.17, 15) is 55.1 Å². The van der Waals surface area contributed by atoms with Crippen molar-refractivity contribution in [3.63, 3.8) is 0 Å². The molecule has 0 saturated carbocycles. The summed E-state index contributed by atoms with van der Waals surface area (Å²) in [7, 11) is 0. The van der Waals surface area contributed by atoms with Crippen molar-refractivity contribution in [1.82, 2.24) is 10.6 Å². The van der Waals surface area contributed by atoms with E-state index in [1.165, 1.54) is 36.4 Å². The molecular weight excluding hydrogens is 766 g/mol. The highest BCUT2D eigenvalue weighted by Gasteiger charge is 2.39. The summed E-state index contributed by atoms with van der Waals surface area (Å²) in [4.78, 5) is 92.9. The molecule has 0 fully saturated rings. The van der Waals surface area contributed by atoms with Gasteiger partial charge in [-0.2, -0.15) is 26.3 Å². The number of aliphatic carboxylic acids is 2. The molecule has 0 radical (unpaired) electrons. The maximum atomic E-state index is 13.2. The van der Waals surface area contributed by atoms with Crippen molar-refractivity contribution >= 4 is 58.5 Å². The Labute approximate surface area is 314 Å². The molecule has 0 spiro atoms.